The van der Waals surface area contributed by atoms with Gasteiger partial charge >= 0.3 is 10.2 Å². The van der Waals surface area contributed by atoms with Gasteiger partial charge in [0.05, 0.1) is 27.9 Å². The molecule has 1 aliphatic heterocycles. The lowest BCUT2D eigenvalue weighted by atomic mass is 9.77. The SMILES string of the molecule is CCN(C)S(=O)(=O)Nc1ccc(F)c(Oc2ccc3ncn([C@H]4CCC5(CCNCC5)C4)c(=O)c3c2Cl)c1C#N. The summed E-state index contributed by atoms with van der Waals surface area (Å²) in [6, 6.07) is 6.91. The molecule has 2 heterocycles. The Hall–Kier alpha value is -3.24. The van der Waals surface area contributed by atoms with Gasteiger partial charge in [-0.2, -0.15) is 18.0 Å². The van der Waals surface area contributed by atoms with Crippen molar-refractivity contribution in [3.8, 4) is 17.6 Å². The highest BCUT2D eigenvalue weighted by Crippen LogP contribution is 2.49. The van der Waals surface area contributed by atoms with Crippen molar-refractivity contribution in [1.29, 1.82) is 5.26 Å². The highest BCUT2D eigenvalue weighted by atomic mass is 35.5. The van der Waals surface area contributed by atoms with Crippen LogP contribution >= 0.6 is 11.6 Å². The van der Waals surface area contributed by atoms with Crippen molar-refractivity contribution in [2.75, 3.05) is 31.4 Å². The minimum Gasteiger partial charge on any atom is -0.451 e. The van der Waals surface area contributed by atoms with Gasteiger partial charge in [-0.05, 0) is 74.9 Å². The molecule has 5 rings (SSSR count). The Morgan fingerprint density at radius 3 is 2.75 bits per heavy atom. The van der Waals surface area contributed by atoms with E-state index in [0.29, 0.717) is 5.52 Å². The minimum absolute atomic E-state index is 0.00302. The number of ether oxygens (including phenoxy) is 1. The molecule has 2 N–H and O–H groups in total. The molecule has 0 unspecified atom stereocenters. The molecule has 0 radical (unpaired) electrons. The molecule has 1 aromatic heterocycles. The fourth-order valence-corrected chi connectivity index (χ4v) is 6.90. The largest absolute Gasteiger partial charge is 0.451 e. The van der Waals surface area contributed by atoms with E-state index in [1.54, 1.807) is 17.8 Å². The van der Waals surface area contributed by atoms with Crippen molar-refractivity contribution in [2.24, 2.45) is 5.41 Å². The summed E-state index contributed by atoms with van der Waals surface area (Å²) in [7, 11) is -2.63. The number of rotatable bonds is 7. The Balaban J connectivity index is 1.51. The second-order valence-corrected chi connectivity index (χ2v) is 12.6. The molecular formula is C27H30ClFN6O4S. The molecule has 1 saturated carbocycles. The van der Waals surface area contributed by atoms with E-state index in [1.807, 2.05) is 6.07 Å². The van der Waals surface area contributed by atoms with Crippen molar-refractivity contribution >= 4 is 38.4 Å². The van der Waals surface area contributed by atoms with E-state index in [9.17, 15) is 22.9 Å². The smallest absolute Gasteiger partial charge is 0.301 e. The molecule has 13 heteroatoms. The lowest BCUT2D eigenvalue weighted by molar-refractivity contribution is 0.201. The quantitative estimate of drug-likeness (QED) is 0.414. The average molecular weight is 589 g/mol. The third kappa shape index (κ3) is 5.14. The molecule has 1 aliphatic carbocycles. The molecular weight excluding hydrogens is 559 g/mol. The first-order chi connectivity index (χ1) is 19.1. The number of anilines is 1. The van der Waals surface area contributed by atoms with E-state index in [1.165, 1.54) is 19.2 Å². The Morgan fingerprint density at radius 2 is 2.05 bits per heavy atom. The highest BCUT2D eigenvalue weighted by Gasteiger charge is 2.40. The van der Waals surface area contributed by atoms with Gasteiger partial charge in [-0.15, -0.1) is 0 Å². The molecule has 1 spiro atoms. The fraction of sp³-hybridized carbons (Fsp3) is 0.444. The maximum Gasteiger partial charge on any atom is 0.301 e. The van der Waals surface area contributed by atoms with E-state index in [2.05, 4.69) is 15.0 Å². The molecule has 1 atom stereocenters. The Kier molecular flexibility index (Phi) is 7.76. The topological polar surface area (TPSA) is 129 Å². The second kappa shape index (κ2) is 11.0. The van der Waals surface area contributed by atoms with Crippen LogP contribution in [0.5, 0.6) is 11.5 Å². The minimum atomic E-state index is -3.99. The molecule has 2 fully saturated rings. The van der Waals surface area contributed by atoms with E-state index in [4.69, 9.17) is 16.3 Å². The maximum atomic E-state index is 14.9. The van der Waals surface area contributed by atoms with Crippen molar-refractivity contribution in [3.05, 3.63) is 57.3 Å². The normalized spacial score (nSPS) is 18.8. The fourth-order valence-electron chi connectivity index (χ4n) is 5.68. The number of fused-ring (bicyclic) bond motifs is 1. The van der Waals surface area contributed by atoms with Crippen LogP contribution in [0.1, 0.15) is 50.6 Å². The van der Waals surface area contributed by atoms with Gasteiger partial charge in [0.15, 0.2) is 11.6 Å². The standard InChI is InChI=1S/C27H30ClFN6O4S/c1-3-34(2)40(37,38)33-20-5-4-19(29)25(18(20)15-30)39-22-7-6-21-23(24(22)28)26(36)35(16-32-21)17-8-9-27(14-17)10-12-31-13-11-27/h4-7,16-17,31,33H,3,8-14H2,1-2H3/t17-/m0/s1. The van der Waals surface area contributed by atoms with Crippen molar-refractivity contribution < 1.29 is 17.5 Å². The van der Waals surface area contributed by atoms with Gasteiger partial charge in [-0.25, -0.2) is 9.37 Å². The molecule has 3 aromatic rings. The summed E-state index contributed by atoms with van der Waals surface area (Å²) in [5.41, 5.74) is -0.262. The third-order valence-corrected chi connectivity index (χ3v) is 10.0. The maximum absolute atomic E-state index is 14.9. The van der Waals surface area contributed by atoms with Gasteiger partial charge in [-0.3, -0.25) is 14.1 Å². The van der Waals surface area contributed by atoms with Crippen molar-refractivity contribution in [2.45, 2.75) is 45.1 Å². The molecule has 0 bridgehead atoms. The number of benzene rings is 2. The highest BCUT2D eigenvalue weighted by molar-refractivity contribution is 7.90. The van der Waals surface area contributed by atoms with E-state index in [0.717, 1.165) is 61.6 Å². The average Bonchev–Trinajstić information content (AvgIpc) is 3.34. The van der Waals surface area contributed by atoms with Crippen molar-refractivity contribution in [3.63, 3.8) is 0 Å². The number of nitrogens with zero attached hydrogens (tertiary/aromatic N) is 4. The lowest BCUT2D eigenvalue weighted by Crippen LogP contribution is -2.35. The summed E-state index contributed by atoms with van der Waals surface area (Å²) in [5.74, 6) is -1.48. The van der Waals surface area contributed by atoms with E-state index < -0.39 is 21.8 Å². The zero-order valence-corrected chi connectivity index (χ0v) is 23.8. The van der Waals surface area contributed by atoms with Crippen LogP contribution in [0, 0.1) is 22.6 Å². The van der Waals surface area contributed by atoms with E-state index >= 15 is 0 Å². The van der Waals surface area contributed by atoms with Crippen LogP contribution in [0.3, 0.4) is 0 Å². The van der Waals surface area contributed by atoms with Gasteiger partial charge in [0, 0.05) is 19.6 Å². The molecule has 2 aromatic carbocycles. The van der Waals surface area contributed by atoms with Gasteiger partial charge in [0.1, 0.15) is 17.4 Å². The molecule has 0 amide bonds. The summed E-state index contributed by atoms with van der Waals surface area (Å²) < 4.78 is 50.7. The molecule has 2 aliphatic rings. The van der Waals surface area contributed by atoms with Crippen LogP contribution in [0.2, 0.25) is 5.02 Å². The second-order valence-electron chi connectivity index (χ2n) is 10.4. The first-order valence-corrected chi connectivity index (χ1v) is 15.0. The van der Waals surface area contributed by atoms with E-state index in [-0.39, 0.29) is 51.0 Å². The Morgan fingerprint density at radius 1 is 1.30 bits per heavy atom. The molecule has 1 saturated heterocycles. The van der Waals surface area contributed by atoms with Crippen LogP contribution in [-0.4, -0.2) is 49.0 Å². The summed E-state index contributed by atoms with van der Waals surface area (Å²) in [6.45, 7) is 3.78. The number of halogens is 2. The Bertz CT molecular complexity index is 1670. The number of nitrogens with one attached hydrogen (secondary N) is 2. The molecule has 40 heavy (non-hydrogen) atoms. The summed E-state index contributed by atoms with van der Waals surface area (Å²) in [4.78, 5) is 18.1. The van der Waals surface area contributed by atoms with Crippen LogP contribution in [0.15, 0.2) is 35.4 Å². The number of nitriles is 1. The zero-order valence-electron chi connectivity index (χ0n) is 22.2. The monoisotopic (exact) mass is 588 g/mol. The third-order valence-electron chi connectivity index (χ3n) is 8.12. The number of piperidine rings is 1. The van der Waals surface area contributed by atoms with Crippen LogP contribution in [0.4, 0.5) is 10.1 Å². The molecule has 212 valence electrons. The van der Waals surface area contributed by atoms with Gasteiger partial charge in [-0.1, -0.05) is 18.5 Å². The molecule has 10 nitrogen and oxygen atoms in total. The zero-order chi connectivity index (χ0) is 28.7. The van der Waals surface area contributed by atoms with Gasteiger partial charge in [0.25, 0.3) is 5.56 Å². The van der Waals surface area contributed by atoms with Crippen LogP contribution < -0.4 is 20.3 Å². The number of aromatic nitrogens is 2. The number of hydrogen-bond donors (Lipinski definition) is 2. The van der Waals surface area contributed by atoms with Gasteiger partial charge < -0.3 is 10.1 Å². The summed E-state index contributed by atoms with van der Waals surface area (Å²) in [6.07, 6.45) is 6.52. The van der Waals surface area contributed by atoms with Gasteiger partial charge in [0.2, 0.25) is 0 Å². The lowest BCUT2D eigenvalue weighted by Gasteiger charge is -2.34. The number of hydrogen-bond acceptors (Lipinski definition) is 7. The predicted octanol–water partition coefficient (Wildman–Crippen LogP) is 4.56. The van der Waals surface area contributed by atoms with Crippen LogP contribution in [-0.2, 0) is 10.2 Å². The first kappa shape index (κ1) is 28.3. The predicted molar refractivity (Wildman–Crippen MR) is 150 cm³/mol. The van der Waals surface area contributed by atoms with Crippen LogP contribution in [0.25, 0.3) is 10.9 Å². The summed E-state index contributed by atoms with van der Waals surface area (Å²) in [5, 5.41) is 13.3. The summed E-state index contributed by atoms with van der Waals surface area (Å²) >= 11 is 6.66. The van der Waals surface area contributed by atoms with Crippen molar-refractivity contribution in [1.82, 2.24) is 19.2 Å². The Labute approximate surface area is 236 Å². The first-order valence-electron chi connectivity index (χ1n) is 13.1.